The highest BCUT2D eigenvalue weighted by Gasteiger charge is 2.41. The van der Waals surface area contributed by atoms with Crippen molar-refractivity contribution in [1.82, 2.24) is 25.8 Å². The molecule has 7 atom stereocenters. The van der Waals surface area contributed by atoms with Crippen LogP contribution in [0.5, 0.6) is 11.5 Å². The first kappa shape index (κ1) is 37.9. The molecule has 0 saturated carbocycles. The first-order chi connectivity index (χ1) is 26.1. The average molecular weight is 764 g/mol. The number of ether oxygens (including phenoxy) is 4. The number of fused-ring (bicyclic) bond motifs is 2. The molecule has 0 radical (unpaired) electrons. The Labute approximate surface area is 321 Å². The molecular formula is C39H50ClN7O7. The van der Waals surface area contributed by atoms with Crippen molar-refractivity contribution in [2.24, 2.45) is 9.98 Å². The van der Waals surface area contributed by atoms with Crippen LogP contribution in [0.25, 0.3) is 0 Å². The lowest BCUT2D eigenvalue weighted by Crippen LogP contribution is -2.57. The lowest BCUT2D eigenvalue weighted by Gasteiger charge is -2.31. The molecule has 15 heteroatoms. The van der Waals surface area contributed by atoms with Gasteiger partial charge in [0.05, 0.1) is 63.0 Å². The number of hydrogen-bond donors (Lipinski definition) is 3. The van der Waals surface area contributed by atoms with Crippen LogP contribution in [0.15, 0.2) is 40.3 Å². The molecule has 0 aliphatic carbocycles. The lowest BCUT2D eigenvalue weighted by molar-refractivity contribution is -0.136. The van der Waals surface area contributed by atoms with Crippen LogP contribution >= 0.6 is 11.6 Å². The SMILES string of the molecule is COC(=O)N[C@H](C(=O)N1CCC[C@H]1C1=NCC(c2ccc3c(c2)Cc2cc(Cl)c(C4CN=C([C@@H]5CCCN5C(=O)C[C@@H](C)OC)N4)cc2O3)N1)[C@@H](C)OC. The Hall–Kier alpha value is -4.40. The van der Waals surface area contributed by atoms with Gasteiger partial charge in [-0.05, 0) is 80.5 Å². The zero-order valence-corrected chi connectivity index (χ0v) is 32.3. The van der Waals surface area contributed by atoms with E-state index in [9.17, 15) is 14.4 Å². The molecule has 3 amide bonds. The number of alkyl carbamates (subject to hydrolysis) is 1. The second-order valence-electron chi connectivity index (χ2n) is 14.7. The highest BCUT2D eigenvalue weighted by Crippen LogP contribution is 2.42. The molecule has 2 saturated heterocycles. The van der Waals surface area contributed by atoms with E-state index in [0.717, 1.165) is 77.7 Å². The molecule has 3 N–H and O–H groups in total. The van der Waals surface area contributed by atoms with Crippen molar-refractivity contribution in [3.05, 3.63) is 57.6 Å². The summed E-state index contributed by atoms with van der Waals surface area (Å²) in [5, 5.41) is 10.5. The number of halogens is 1. The number of aliphatic imine (C=N–C) groups is 2. The number of hydrogen-bond acceptors (Lipinski definition) is 11. The smallest absolute Gasteiger partial charge is 0.407 e. The molecule has 0 aromatic heterocycles. The summed E-state index contributed by atoms with van der Waals surface area (Å²) < 4.78 is 22.0. The van der Waals surface area contributed by atoms with Crippen LogP contribution in [-0.2, 0) is 30.2 Å². The maximum Gasteiger partial charge on any atom is 0.407 e. The topological polar surface area (TPSA) is 155 Å². The summed E-state index contributed by atoms with van der Waals surface area (Å²) in [7, 11) is 4.40. The second-order valence-corrected chi connectivity index (χ2v) is 15.1. The fourth-order valence-corrected chi connectivity index (χ4v) is 8.48. The Morgan fingerprint density at radius 2 is 1.57 bits per heavy atom. The largest absolute Gasteiger partial charge is 0.457 e. The van der Waals surface area contributed by atoms with Gasteiger partial charge in [-0.15, -0.1) is 0 Å². The zero-order chi connectivity index (χ0) is 38.1. The number of likely N-dealkylation sites (tertiary alicyclic amines) is 2. The van der Waals surface area contributed by atoms with Gasteiger partial charge in [0, 0.05) is 44.3 Å². The molecule has 2 aromatic rings. The van der Waals surface area contributed by atoms with Crippen LogP contribution in [0.2, 0.25) is 5.02 Å². The number of carbonyl (C=O) groups is 3. The summed E-state index contributed by atoms with van der Waals surface area (Å²) >= 11 is 6.94. The molecule has 7 rings (SSSR count). The lowest BCUT2D eigenvalue weighted by atomic mass is 9.94. The van der Waals surface area contributed by atoms with Crippen LogP contribution in [0.1, 0.15) is 80.3 Å². The molecule has 14 nitrogen and oxygen atoms in total. The van der Waals surface area contributed by atoms with E-state index in [-0.39, 0.29) is 42.1 Å². The van der Waals surface area contributed by atoms with Gasteiger partial charge in [-0.2, -0.15) is 0 Å². The van der Waals surface area contributed by atoms with E-state index < -0.39 is 18.2 Å². The van der Waals surface area contributed by atoms with Crippen LogP contribution in [0, 0.1) is 0 Å². The van der Waals surface area contributed by atoms with Gasteiger partial charge in [-0.3, -0.25) is 19.6 Å². The Morgan fingerprint density at radius 3 is 2.28 bits per heavy atom. The van der Waals surface area contributed by atoms with Gasteiger partial charge in [0.2, 0.25) is 11.8 Å². The van der Waals surface area contributed by atoms with Gasteiger partial charge in [0.15, 0.2) is 0 Å². The third kappa shape index (κ3) is 7.60. The molecule has 2 aromatic carbocycles. The van der Waals surface area contributed by atoms with Crippen molar-refractivity contribution < 1.29 is 33.3 Å². The Morgan fingerprint density at radius 1 is 0.907 bits per heavy atom. The summed E-state index contributed by atoms with van der Waals surface area (Å²) in [6.07, 6.45) is 3.06. The van der Waals surface area contributed by atoms with E-state index in [1.807, 2.05) is 30.0 Å². The van der Waals surface area contributed by atoms with Crippen LogP contribution < -0.4 is 20.7 Å². The minimum atomic E-state index is -0.885. The quantitative estimate of drug-likeness (QED) is 0.260. The summed E-state index contributed by atoms with van der Waals surface area (Å²) in [5.74, 6) is 3.03. The minimum absolute atomic E-state index is 0.0609. The van der Waals surface area contributed by atoms with Gasteiger partial charge < -0.3 is 44.7 Å². The summed E-state index contributed by atoms with van der Waals surface area (Å²) in [6, 6.07) is 8.89. The molecular weight excluding hydrogens is 714 g/mol. The third-order valence-corrected chi connectivity index (χ3v) is 11.7. The first-order valence-corrected chi connectivity index (χ1v) is 19.2. The van der Waals surface area contributed by atoms with E-state index in [0.29, 0.717) is 37.5 Å². The van der Waals surface area contributed by atoms with Crippen molar-refractivity contribution >= 4 is 41.2 Å². The van der Waals surface area contributed by atoms with Crippen molar-refractivity contribution in [1.29, 1.82) is 0 Å². The fourth-order valence-electron chi connectivity index (χ4n) is 8.17. The zero-order valence-electron chi connectivity index (χ0n) is 31.5. The Bertz CT molecular complexity index is 1840. The molecule has 5 aliphatic heterocycles. The van der Waals surface area contributed by atoms with E-state index in [1.54, 1.807) is 18.9 Å². The number of carbonyl (C=O) groups excluding carboxylic acids is 3. The van der Waals surface area contributed by atoms with E-state index in [4.69, 9.17) is 40.5 Å². The van der Waals surface area contributed by atoms with Crippen LogP contribution in [-0.4, -0.2) is 117 Å². The second kappa shape index (κ2) is 16.1. The van der Waals surface area contributed by atoms with Gasteiger partial charge in [0.25, 0.3) is 0 Å². The molecule has 0 bridgehead atoms. The summed E-state index contributed by atoms with van der Waals surface area (Å²) in [6.45, 7) is 6.00. The van der Waals surface area contributed by atoms with Crippen molar-refractivity contribution in [3.8, 4) is 11.5 Å². The third-order valence-electron chi connectivity index (χ3n) is 11.3. The van der Waals surface area contributed by atoms with Gasteiger partial charge in [0.1, 0.15) is 29.2 Å². The maximum absolute atomic E-state index is 13.7. The molecule has 290 valence electrons. The monoisotopic (exact) mass is 763 g/mol. The van der Waals surface area contributed by atoms with Gasteiger partial charge in [-0.25, -0.2) is 4.79 Å². The minimum Gasteiger partial charge on any atom is -0.457 e. The predicted octanol–water partition coefficient (Wildman–Crippen LogP) is 4.29. The maximum atomic E-state index is 13.7. The average Bonchev–Trinajstić information content (AvgIpc) is 4.01. The summed E-state index contributed by atoms with van der Waals surface area (Å²) in [5.41, 5.74) is 4.05. The van der Waals surface area contributed by atoms with Gasteiger partial charge >= 0.3 is 6.09 Å². The number of methoxy groups -OCH3 is 3. The number of amides is 3. The molecule has 5 heterocycles. The number of amidine groups is 2. The fraction of sp³-hybridized carbons (Fsp3) is 0.564. The molecule has 5 aliphatic rings. The molecule has 0 spiro atoms. The van der Waals surface area contributed by atoms with E-state index in [2.05, 4.69) is 28.1 Å². The van der Waals surface area contributed by atoms with Crippen LogP contribution in [0.3, 0.4) is 0 Å². The van der Waals surface area contributed by atoms with Crippen molar-refractivity contribution in [2.45, 2.75) is 94.8 Å². The predicted molar refractivity (Wildman–Crippen MR) is 203 cm³/mol. The van der Waals surface area contributed by atoms with Crippen molar-refractivity contribution in [2.75, 3.05) is 47.5 Å². The number of benzene rings is 2. The highest BCUT2D eigenvalue weighted by molar-refractivity contribution is 6.31. The highest BCUT2D eigenvalue weighted by atomic mass is 35.5. The molecule has 2 fully saturated rings. The van der Waals surface area contributed by atoms with Crippen LogP contribution in [0.4, 0.5) is 4.79 Å². The van der Waals surface area contributed by atoms with E-state index >= 15 is 0 Å². The normalized spacial score (nSPS) is 24.6. The molecule has 54 heavy (non-hydrogen) atoms. The Kier molecular flexibility index (Phi) is 11.3. The standard InChI is InChI=1S/C39H50ClN7O7/c1-21(51-3)14-34(48)46-12-6-8-30(46)36-42-20-29(44-36)26-18-33-25(17-27(26)40)16-24-15-23(10-11-32(24)54-33)28-19-41-37(43-28)31-9-7-13-47(31)38(49)35(22(2)52-4)45-39(50)53-5/h10-11,15,17-18,21-22,28-31,35H,6-9,12-14,16,19-20H2,1-5H3,(H,41,43)(H,42,44)(H,45,50)/t21-,22-,28?,29?,30+,31+,35+/m1/s1. The summed E-state index contributed by atoms with van der Waals surface area (Å²) in [4.78, 5) is 52.1. The molecule has 2 unspecified atom stereocenters. The number of nitrogens with one attached hydrogen (secondary N) is 3. The van der Waals surface area contributed by atoms with Gasteiger partial charge in [-0.1, -0.05) is 17.7 Å². The van der Waals surface area contributed by atoms with Crippen molar-refractivity contribution in [3.63, 3.8) is 0 Å². The first-order valence-electron chi connectivity index (χ1n) is 18.8. The number of nitrogens with zero attached hydrogens (tertiary/aromatic N) is 4. The number of rotatable bonds is 11. The Balaban J connectivity index is 0.988. The van der Waals surface area contributed by atoms with E-state index in [1.165, 1.54) is 14.2 Å².